The number of amides is 1. The van der Waals surface area contributed by atoms with Crippen LogP contribution in [0.1, 0.15) is 22.0 Å². The fraction of sp³-hybridized carbons (Fsp3) is 0.143. The van der Waals surface area contributed by atoms with Gasteiger partial charge < -0.3 is 20.0 Å². The Labute approximate surface area is 114 Å². The summed E-state index contributed by atoms with van der Waals surface area (Å²) < 4.78 is 10.4. The van der Waals surface area contributed by atoms with Crippen LogP contribution in [0, 0.1) is 6.92 Å². The maximum Gasteiger partial charge on any atom is 0.287 e. The van der Waals surface area contributed by atoms with E-state index in [-0.39, 0.29) is 18.2 Å². The van der Waals surface area contributed by atoms with Crippen molar-refractivity contribution in [3.05, 3.63) is 47.5 Å². The van der Waals surface area contributed by atoms with E-state index in [0.29, 0.717) is 22.7 Å². The fourth-order valence-electron chi connectivity index (χ4n) is 1.93. The summed E-state index contributed by atoms with van der Waals surface area (Å²) in [7, 11) is 0. The van der Waals surface area contributed by atoms with Crippen LogP contribution in [0.5, 0.6) is 0 Å². The third-order valence-electron chi connectivity index (χ3n) is 2.87. The molecular formula is C14H13N3O3. The highest BCUT2D eigenvalue weighted by atomic mass is 16.5. The number of aryl methyl sites for hydroxylation is 1. The number of anilines is 1. The van der Waals surface area contributed by atoms with Crippen molar-refractivity contribution in [2.24, 2.45) is 0 Å². The molecule has 0 fully saturated rings. The number of carbonyl (C=O) groups is 1. The minimum absolute atomic E-state index is 0.241. The molecule has 0 spiro atoms. The average Bonchev–Trinajstić information content (AvgIpc) is 3.01. The average molecular weight is 271 g/mol. The van der Waals surface area contributed by atoms with Gasteiger partial charge in [0.25, 0.3) is 5.91 Å². The Morgan fingerprint density at radius 3 is 2.95 bits per heavy atom. The van der Waals surface area contributed by atoms with E-state index in [1.807, 2.05) is 0 Å². The van der Waals surface area contributed by atoms with Gasteiger partial charge in [-0.3, -0.25) is 4.79 Å². The van der Waals surface area contributed by atoms with Gasteiger partial charge in [-0.05, 0) is 31.2 Å². The van der Waals surface area contributed by atoms with E-state index >= 15 is 0 Å². The van der Waals surface area contributed by atoms with E-state index in [1.165, 1.54) is 0 Å². The Morgan fingerprint density at radius 1 is 1.35 bits per heavy atom. The molecule has 0 saturated heterocycles. The number of nitrogen functional groups attached to an aromatic ring is 1. The topological polar surface area (TPSA) is 94.3 Å². The molecular weight excluding hydrogens is 258 g/mol. The van der Waals surface area contributed by atoms with Gasteiger partial charge in [-0.2, -0.15) is 0 Å². The smallest absolute Gasteiger partial charge is 0.287 e. The standard InChI is InChI=1S/C14H13N3O3/c1-8-4-11(17-20-8)7-16-14(18)13-6-9-5-10(15)2-3-12(9)19-13/h2-6H,7,15H2,1H3,(H,16,18). The predicted molar refractivity (Wildman–Crippen MR) is 73.0 cm³/mol. The van der Waals surface area contributed by atoms with E-state index in [4.69, 9.17) is 14.7 Å². The van der Waals surface area contributed by atoms with Crippen molar-refractivity contribution < 1.29 is 13.7 Å². The van der Waals surface area contributed by atoms with Crippen LogP contribution in [-0.4, -0.2) is 11.1 Å². The van der Waals surface area contributed by atoms with E-state index in [0.717, 1.165) is 5.39 Å². The Morgan fingerprint density at radius 2 is 2.20 bits per heavy atom. The Balaban J connectivity index is 1.75. The van der Waals surface area contributed by atoms with Crippen LogP contribution in [-0.2, 0) is 6.54 Å². The Hall–Kier alpha value is -2.76. The lowest BCUT2D eigenvalue weighted by atomic mass is 10.2. The van der Waals surface area contributed by atoms with Gasteiger partial charge in [0, 0.05) is 17.1 Å². The van der Waals surface area contributed by atoms with Gasteiger partial charge in [0.1, 0.15) is 17.0 Å². The van der Waals surface area contributed by atoms with Gasteiger partial charge in [-0.1, -0.05) is 5.16 Å². The summed E-state index contributed by atoms with van der Waals surface area (Å²) in [5, 5.41) is 7.32. The van der Waals surface area contributed by atoms with Crippen molar-refractivity contribution in [2.45, 2.75) is 13.5 Å². The largest absolute Gasteiger partial charge is 0.451 e. The molecule has 102 valence electrons. The zero-order valence-corrected chi connectivity index (χ0v) is 10.8. The fourth-order valence-corrected chi connectivity index (χ4v) is 1.93. The lowest BCUT2D eigenvalue weighted by molar-refractivity contribution is 0.0924. The maximum atomic E-state index is 12.0. The predicted octanol–water partition coefficient (Wildman–Crippen LogP) is 2.24. The molecule has 3 N–H and O–H groups in total. The molecule has 20 heavy (non-hydrogen) atoms. The highest BCUT2D eigenvalue weighted by molar-refractivity contribution is 5.96. The summed E-state index contributed by atoms with van der Waals surface area (Å²) in [5.41, 5.74) is 7.60. The molecule has 0 aliphatic carbocycles. The van der Waals surface area contributed by atoms with Crippen LogP contribution >= 0.6 is 0 Å². The highest BCUT2D eigenvalue weighted by Crippen LogP contribution is 2.21. The van der Waals surface area contributed by atoms with Gasteiger partial charge >= 0.3 is 0 Å². The molecule has 0 atom stereocenters. The number of nitrogens with zero attached hydrogens (tertiary/aromatic N) is 1. The molecule has 0 radical (unpaired) electrons. The van der Waals surface area contributed by atoms with E-state index in [2.05, 4.69) is 10.5 Å². The van der Waals surface area contributed by atoms with Gasteiger partial charge in [-0.25, -0.2) is 0 Å². The van der Waals surface area contributed by atoms with Crippen molar-refractivity contribution >= 4 is 22.6 Å². The quantitative estimate of drug-likeness (QED) is 0.712. The molecule has 3 rings (SSSR count). The number of fused-ring (bicyclic) bond motifs is 1. The Bertz CT molecular complexity index is 773. The minimum atomic E-state index is -0.305. The van der Waals surface area contributed by atoms with Crippen LogP contribution in [0.15, 0.2) is 39.3 Å². The van der Waals surface area contributed by atoms with Gasteiger partial charge in [0.2, 0.25) is 0 Å². The van der Waals surface area contributed by atoms with Crippen molar-refractivity contribution in [2.75, 3.05) is 5.73 Å². The first-order valence-electron chi connectivity index (χ1n) is 6.11. The second kappa shape index (κ2) is 4.73. The van der Waals surface area contributed by atoms with Crippen molar-refractivity contribution in [1.82, 2.24) is 10.5 Å². The van der Waals surface area contributed by atoms with Crippen LogP contribution in [0.3, 0.4) is 0 Å². The van der Waals surface area contributed by atoms with E-state index < -0.39 is 0 Å². The first kappa shape index (κ1) is 12.3. The molecule has 1 amide bonds. The molecule has 6 heteroatoms. The summed E-state index contributed by atoms with van der Waals surface area (Å²) >= 11 is 0. The summed E-state index contributed by atoms with van der Waals surface area (Å²) in [6, 6.07) is 8.65. The van der Waals surface area contributed by atoms with Crippen LogP contribution < -0.4 is 11.1 Å². The molecule has 2 heterocycles. The molecule has 0 saturated carbocycles. The molecule has 2 aromatic heterocycles. The number of nitrogens with one attached hydrogen (secondary N) is 1. The summed E-state index contributed by atoms with van der Waals surface area (Å²) in [6.45, 7) is 2.08. The number of carbonyl (C=O) groups excluding carboxylic acids is 1. The lowest BCUT2D eigenvalue weighted by Crippen LogP contribution is -2.22. The first-order chi connectivity index (χ1) is 9.61. The molecule has 0 aliphatic rings. The van der Waals surface area contributed by atoms with E-state index in [9.17, 15) is 4.79 Å². The number of nitrogens with two attached hydrogens (primary N) is 1. The number of aromatic nitrogens is 1. The zero-order valence-electron chi connectivity index (χ0n) is 10.8. The van der Waals surface area contributed by atoms with Gasteiger partial charge in [-0.15, -0.1) is 0 Å². The van der Waals surface area contributed by atoms with Crippen molar-refractivity contribution in [1.29, 1.82) is 0 Å². The number of hydrogen-bond acceptors (Lipinski definition) is 5. The van der Waals surface area contributed by atoms with Gasteiger partial charge in [0.05, 0.1) is 6.54 Å². The molecule has 0 aliphatic heterocycles. The summed E-state index contributed by atoms with van der Waals surface area (Å²) in [6.07, 6.45) is 0. The van der Waals surface area contributed by atoms with Crippen LogP contribution in [0.25, 0.3) is 11.0 Å². The highest BCUT2D eigenvalue weighted by Gasteiger charge is 2.12. The van der Waals surface area contributed by atoms with Crippen molar-refractivity contribution in [3.8, 4) is 0 Å². The number of benzene rings is 1. The second-order valence-electron chi connectivity index (χ2n) is 4.52. The third kappa shape index (κ3) is 2.35. The summed E-state index contributed by atoms with van der Waals surface area (Å²) in [5.74, 6) is 0.639. The van der Waals surface area contributed by atoms with Crippen LogP contribution in [0.4, 0.5) is 5.69 Å². The number of hydrogen-bond donors (Lipinski definition) is 2. The van der Waals surface area contributed by atoms with Crippen LogP contribution in [0.2, 0.25) is 0 Å². The van der Waals surface area contributed by atoms with Crippen molar-refractivity contribution in [3.63, 3.8) is 0 Å². The molecule has 3 aromatic rings. The minimum Gasteiger partial charge on any atom is -0.451 e. The number of furan rings is 1. The zero-order chi connectivity index (χ0) is 14.1. The Kier molecular flexibility index (Phi) is 2.90. The first-order valence-corrected chi connectivity index (χ1v) is 6.11. The molecule has 0 unspecified atom stereocenters. The molecule has 6 nitrogen and oxygen atoms in total. The molecule has 1 aromatic carbocycles. The number of rotatable bonds is 3. The maximum absolute atomic E-state index is 12.0. The SMILES string of the molecule is Cc1cc(CNC(=O)c2cc3cc(N)ccc3o2)no1. The monoisotopic (exact) mass is 271 g/mol. The normalized spacial score (nSPS) is 10.8. The molecule has 0 bridgehead atoms. The third-order valence-corrected chi connectivity index (χ3v) is 2.87. The lowest BCUT2D eigenvalue weighted by Gasteiger charge is -1.98. The summed E-state index contributed by atoms with van der Waals surface area (Å²) in [4.78, 5) is 12.0. The second-order valence-corrected chi connectivity index (χ2v) is 4.52. The van der Waals surface area contributed by atoms with E-state index in [1.54, 1.807) is 37.3 Å². The van der Waals surface area contributed by atoms with Gasteiger partial charge in [0.15, 0.2) is 5.76 Å².